The summed E-state index contributed by atoms with van der Waals surface area (Å²) in [5.74, 6) is 1.27. The number of amides is 1. The first-order valence-electron chi connectivity index (χ1n) is 7.90. The van der Waals surface area contributed by atoms with Gasteiger partial charge >= 0.3 is 0 Å². The van der Waals surface area contributed by atoms with Crippen LogP contribution >= 0.6 is 11.8 Å². The number of nitrogens with one attached hydrogen (secondary N) is 1. The summed E-state index contributed by atoms with van der Waals surface area (Å²) in [7, 11) is 1.56. The van der Waals surface area contributed by atoms with Crippen LogP contribution in [0, 0.1) is 0 Å². The number of hydrogen-bond acceptors (Lipinski definition) is 6. The molecule has 6 nitrogen and oxygen atoms in total. The second-order valence-corrected chi connectivity index (χ2v) is 7.06. The molecule has 0 saturated heterocycles. The van der Waals surface area contributed by atoms with Crippen LogP contribution in [0.3, 0.4) is 0 Å². The maximum Gasteiger partial charge on any atom is 0.274 e. The normalized spacial score (nSPS) is 19.8. The molecule has 25 heavy (non-hydrogen) atoms. The fourth-order valence-electron chi connectivity index (χ4n) is 2.66. The molecule has 3 rings (SSSR count). The van der Waals surface area contributed by atoms with Crippen LogP contribution in [0.15, 0.2) is 47.6 Å². The zero-order valence-corrected chi connectivity index (χ0v) is 15.0. The number of benzene rings is 1. The molecule has 1 atom stereocenters. The predicted octanol–water partition coefficient (Wildman–Crippen LogP) is 3.01. The van der Waals surface area contributed by atoms with E-state index in [1.54, 1.807) is 31.0 Å². The Hall–Kier alpha value is -2.54. The van der Waals surface area contributed by atoms with Crippen molar-refractivity contribution < 1.29 is 9.53 Å². The third-order valence-electron chi connectivity index (χ3n) is 4.14. The van der Waals surface area contributed by atoms with E-state index in [-0.39, 0.29) is 11.4 Å². The topological polar surface area (TPSA) is 89.6 Å². The molecule has 1 aromatic heterocycles. The third kappa shape index (κ3) is 3.93. The minimum atomic E-state index is -0.367. The summed E-state index contributed by atoms with van der Waals surface area (Å²) in [5, 5.41) is 3.48. The van der Waals surface area contributed by atoms with Gasteiger partial charge in [0.2, 0.25) is 0 Å². The number of nitrogens with two attached hydrogens (primary N) is 1. The first-order chi connectivity index (χ1) is 12.0. The van der Waals surface area contributed by atoms with Crippen molar-refractivity contribution in [2.75, 3.05) is 18.2 Å². The van der Waals surface area contributed by atoms with Gasteiger partial charge in [-0.3, -0.25) is 9.79 Å². The minimum Gasteiger partial charge on any atom is -0.495 e. The van der Waals surface area contributed by atoms with Crippen LogP contribution in [-0.2, 0) is 5.54 Å². The van der Waals surface area contributed by atoms with Gasteiger partial charge in [0.1, 0.15) is 11.4 Å². The lowest BCUT2D eigenvalue weighted by Gasteiger charge is -2.30. The van der Waals surface area contributed by atoms with Crippen molar-refractivity contribution in [2.24, 2.45) is 10.7 Å². The fraction of sp³-hybridized carbons (Fsp3) is 0.278. The highest BCUT2D eigenvalue weighted by atomic mass is 32.2. The molecule has 1 amide bonds. The number of aromatic nitrogens is 1. The quantitative estimate of drug-likeness (QED) is 0.879. The number of aliphatic imine (C=N–C) groups is 1. The Labute approximate surface area is 150 Å². The number of methoxy groups -OCH3 is 1. The largest absolute Gasteiger partial charge is 0.495 e. The van der Waals surface area contributed by atoms with Gasteiger partial charge in [0.25, 0.3) is 5.91 Å². The summed E-state index contributed by atoms with van der Waals surface area (Å²) < 4.78 is 5.05. The molecule has 1 aliphatic rings. The zero-order valence-electron chi connectivity index (χ0n) is 14.2. The second kappa shape index (κ2) is 7.14. The van der Waals surface area contributed by atoms with E-state index in [4.69, 9.17) is 10.5 Å². The molecule has 1 aromatic carbocycles. The van der Waals surface area contributed by atoms with E-state index in [1.807, 2.05) is 24.3 Å². The number of pyridine rings is 1. The van der Waals surface area contributed by atoms with E-state index in [9.17, 15) is 4.79 Å². The Kier molecular flexibility index (Phi) is 4.94. The maximum absolute atomic E-state index is 12.4. The van der Waals surface area contributed by atoms with E-state index < -0.39 is 0 Å². The third-order valence-corrected chi connectivity index (χ3v) is 4.94. The standard InChI is InChI=1S/C18H20N4O2S/c1-18(8-9-25-17(19)22-18)12-4-3-5-13(10-12)21-16(23)15-7-6-14(24-2)11-20-15/h3-7,10-11H,8-9H2,1-2H3,(H2,19,22)(H,21,23). The summed E-state index contributed by atoms with van der Waals surface area (Å²) >= 11 is 1.57. The predicted molar refractivity (Wildman–Crippen MR) is 101 cm³/mol. The molecule has 2 aromatic rings. The SMILES string of the molecule is COc1ccc(C(=O)Nc2cccc(C3(C)CCSC(N)=N3)c2)nc1. The minimum absolute atomic E-state index is 0.271. The summed E-state index contributed by atoms with van der Waals surface area (Å²) in [6.45, 7) is 2.06. The molecule has 7 heteroatoms. The number of carbonyl (C=O) groups is 1. The van der Waals surface area contributed by atoms with Crippen LogP contribution in [0.1, 0.15) is 29.4 Å². The van der Waals surface area contributed by atoms with E-state index in [0.29, 0.717) is 22.3 Å². The summed E-state index contributed by atoms with van der Waals surface area (Å²) in [6, 6.07) is 11.0. The number of thioether (sulfide) groups is 1. The lowest BCUT2D eigenvalue weighted by molar-refractivity contribution is 0.102. The molecule has 1 aliphatic heterocycles. The molecule has 0 saturated carbocycles. The number of amidine groups is 1. The summed E-state index contributed by atoms with van der Waals surface area (Å²) in [6.07, 6.45) is 2.42. The number of ether oxygens (including phenoxy) is 1. The van der Waals surface area contributed by atoms with Gasteiger partial charge in [0.05, 0.1) is 18.8 Å². The van der Waals surface area contributed by atoms with Crippen molar-refractivity contribution in [1.82, 2.24) is 4.98 Å². The Bertz CT molecular complexity index is 807. The van der Waals surface area contributed by atoms with Gasteiger partial charge in [-0.15, -0.1) is 0 Å². The van der Waals surface area contributed by atoms with E-state index in [2.05, 4.69) is 22.2 Å². The van der Waals surface area contributed by atoms with Crippen LogP contribution in [0.4, 0.5) is 5.69 Å². The first kappa shape index (κ1) is 17.3. The molecule has 130 valence electrons. The van der Waals surface area contributed by atoms with Gasteiger partial charge in [-0.1, -0.05) is 23.9 Å². The van der Waals surface area contributed by atoms with Gasteiger partial charge in [0, 0.05) is 11.4 Å². The van der Waals surface area contributed by atoms with Crippen LogP contribution < -0.4 is 15.8 Å². The molecule has 0 fully saturated rings. The maximum atomic E-state index is 12.4. The van der Waals surface area contributed by atoms with Crippen LogP contribution in [0.2, 0.25) is 0 Å². The molecule has 3 N–H and O–H groups in total. The van der Waals surface area contributed by atoms with Crippen molar-refractivity contribution in [1.29, 1.82) is 0 Å². The highest BCUT2D eigenvalue weighted by Crippen LogP contribution is 2.35. The number of anilines is 1. The number of rotatable bonds is 4. The smallest absolute Gasteiger partial charge is 0.274 e. The Morgan fingerprint density at radius 3 is 2.88 bits per heavy atom. The zero-order chi connectivity index (χ0) is 17.9. The van der Waals surface area contributed by atoms with Crippen LogP contribution in [0.25, 0.3) is 0 Å². The Balaban J connectivity index is 1.79. The van der Waals surface area contributed by atoms with Gasteiger partial charge in [-0.25, -0.2) is 4.98 Å². The molecule has 0 aliphatic carbocycles. The molecule has 0 radical (unpaired) electrons. The van der Waals surface area contributed by atoms with Crippen LogP contribution in [-0.4, -0.2) is 28.9 Å². The molecule has 0 spiro atoms. The lowest BCUT2D eigenvalue weighted by atomic mass is 9.89. The van der Waals surface area contributed by atoms with E-state index in [0.717, 1.165) is 17.7 Å². The van der Waals surface area contributed by atoms with Crippen molar-refractivity contribution in [3.8, 4) is 5.75 Å². The first-order valence-corrected chi connectivity index (χ1v) is 8.89. The number of hydrogen-bond donors (Lipinski definition) is 2. The van der Waals surface area contributed by atoms with Gasteiger partial charge in [0.15, 0.2) is 5.17 Å². The monoisotopic (exact) mass is 356 g/mol. The number of carbonyl (C=O) groups excluding carboxylic acids is 1. The molecule has 1 unspecified atom stereocenters. The van der Waals surface area contributed by atoms with Crippen molar-refractivity contribution >= 4 is 28.5 Å². The second-order valence-electron chi connectivity index (χ2n) is 5.94. The van der Waals surface area contributed by atoms with Crippen molar-refractivity contribution in [3.05, 3.63) is 53.9 Å². The average molecular weight is 356 g/mol. The molecular weight excluding hydrogens is 336 g/mol. The Morgan fingerprint density at radius 2 is 2.20 bits per heavy atom. The number of nitrogens with zero attached hydrogens (tertiary/aromatic N) is 2. The van der Waals surface area contributed by atoms with E-state index >= 15 is 0 Å². The molecule has 2 heterocycles. The van der Waals surface area contributed by atoms with Crippen molar-refractivity contribution in [3.63, 3.8) is 0 Å². The Morgan fingerprint density at radius 1 is 1.36 bits per heavy atom. The highest BCUT2D eigenvalue weighted by Gasteiger charge is 2.29. The average Bonchev–Trinajstić information content (AvgIpc) is 2.62. The summed E-state index contributed by atoms with van der Waals surface area (Å²) in [5.41, 5.74) is 7.58. The highest BCUT2D eigenvalue weighted by molar-refractivity contribution is 8.13. The van der Waals surface area contributed by atoms with Gasteiger partial charge < -0.3 is 15.8 Å². The van der Waals surface area contributed by atoms with Crippen molar-refractivity contribution in [2.45, 2.75) is 18.9 Å². The van der Waals surface area contributed by atoms with Crippen LogP contribution in [0.5, 0.6) is 5.75 Å². The summed E-state index contributed by atoms with van der Waals surface area (Å²) in [4.78, 5) is 21.1. The van der Waals surface area contributed by atoms with E-state index in [1.165, 1.54) is 6.20 Å². The lowest BCUT2D eigenvalue weighted by Crippen LogP contribution is -2.28. The molecule has 0 bridgehead atoms. The van der Waals surface area contributed by atoms with Gasteiger partial charge in [-0.2, -0.15) is 0 Å². The molecular formula is C18H20N4O2S. The fourth-order valence-corrected chi connectivity index (χ4v) is 3.63. The van der Waals surface area contributed by atoms with Gasteiger partial charge in [-0.05, 0) is 43.2 Å².